The van der Waals surface area contributed by atoms with Crippen LogP contribution in [0.3, 0.4) is 0 Å². The SMILES string of the molecule is CC1C(C)C1C(=O)OCCBr. The van der Waals surface area contributed by atoms with E-state index in [0.717, 1.165) is 5.33 Å². The van der Waals surface area contributed by atoms with E-state index in [2.05, 4.69) is 29.8 Å². The van der Waals surface area contributed by atoms with Crippen molar-refractivity contribution in [1.29, 1.82) is 0 Å². The zero-order valence-corrected chi connectivity index (χ0v) is 8.43. The van der Waals surface area contributed by atoms with Gasteiger partial charge in [-0.2, -0.15) is 0 Å². The van der Waals surface area contributed by atoms with E-state index in [1.165, 1.54) is 0 Å². The van der Waals surface area contributed by atoms with E-state index < -0.39 is 0 Å². The second-order valence-electron chi connectivity index (χ2n) is 3.10. The molecule has 0 spiro atoms. The van der Waals surface area contributed by atoms with Crippen molar-refractivity contribution in [3.63, 3.8) is 0 Å². The fraction of sp³-hybridized carbons (Fsp3) is 0.875. The van der Waals surface area contributed by atoms with Gasteiger partial charge in [-0.1, -0.05) is 29.8 Å². The van der Waals surface area contributed by atoms with Crippen molar-refractivity contribution in [2.75, 3.05) is 11.9 Å². The van der Waals surface area contributed by atoms with Crippen molar-refractivity contribution in [1.82, 2.24) is 0 Å². The molecule has 0 N–H and O–H groups in total. The van der Waals surface area contributed by atoms with Gasteiger partial charge in [0, 0.05) is 5.33 Å². The summed E-state index contributed by atoms with van der Waals surface area (Å²) in [4.78, 5) is 11.1. The Morgan fingerprint density at radius 1 is 1.45 bits per heavy atom. The van der Waals surface area contributed by atoms with Crippen LogP contribution in [0.4, 0.5) is 0 Å². The number of esters is 1. The van der Waals surface area contributed by atoms with Crippen LogP contribution in [-0.2, 0) is 9.53 Å². The van der Waals surface area contributed by atoms with E-state index in [0.29, 0.717) is 18.4 Å². The standard InChI is InChI=1S/C8H13BrO2/c1-5-6(2)7(5)8(10)11-4-3-9/h5-7H,3-4H2,1-2H3. The molecule has 0 aromatic heterocycles. The lowest BCUT2D eigenvalue weighted by Crippen LogP contribution is -2.10. The van der Waals surface area contributed by atoms with Gasteiger partial charge >= 0.3 is 5.97 Å². The number of carbonyl (C=O) groups excluding carboxylic acids is 1. The Morgan fingerprint density at radius 3 is 2.36 bits per heavy atom. The van der Waals surface area contributed by atoms with Gasteiger partial charge in [-0.05, 0) is 11.8 Å². The summed E-state index contributed by atoms with van der Waals surface area (Å²) in [6, 6.07) is 0. The molecule has 1 aliphatic carbocycles. The lowest BCUT2D eigenvalue weighted by Gasteiger charge is -1.99. The van der Waals surface area contributed by atoms with Gasteiger partial charge in [0.2, 0.25) is 0 Å². The third kappa shape index (κ3) is 1.95. The minimum absolute atomic E-state index is 0.0237. The first-order chi connectivity index (χ1) is 5.18. The van der Waals surface area contributed by atoms with Gasteiger partial charge in [0.1, 0.15) is 6.61 Å². The van der Waals surface area contributed by atoms with Crippen molar-refractivity contribution < 1.29 is 9.53 Å². The van der Waals surface area contributed by atoms with Gasteiger partial charge in [0.25, 0.3) is 0 Å². The normalized spacial score (nSPS) is 35.0. The predicted octanol–water partition coefficient (Wildman–Crippen LogP) is 1.83. The first-order valence-corrected chi connectivity index (χ1v) is 5.03. The van der Waals surface area contributed by atoms with Crippen LogP contribution in [0.2, 0.25) is 0 Å². The van der Waals surface area contributed by atoms with Crippen LogP contribution in [0.25, 0.3) is 0 Å². The maximum absolute atomic E-state index is 11.1. The second kappa shape index (κ2) is 3.57. The summed E-state index contributed by atoms with van der Waals surface area (Å²) in [7, 11) is 0. The number of carbonyl (C=O) groups is 1. The molecule has 1 rings (SSSR count). The zero-order chi connectivity index (χ0) is 8.43. The van der Waals surface area contributed by atoms with Crippen LogP contribution >= 0.6 is 15.9 Å². The van der Waals surface area contributed by atoms with Crippen molar-refractivity contribution >= 4 is 21.9 Å². The Kier molecular flexibility index (Phi) is 2.93. The first kappa shape index (κ1) is 9.04. The molecule has 64 valence electrons. The highest BCUT2D eigenvalue weighted by molar-refractivity contribution is 9.09. The monoisotopic (exact) mass is 220 g/mol. The molecule has 0 saturated heterocycles. The maximum atomic E-state index is 11.1. The third-order valence-electron chi connectivity index (χ3n) is 2.42. The Bertz CT molecular complexity index is 150. The maximum Gasteiger partial charge on any atom is 0.309 e. The minimum Gasteiger partial charge on any atom is -0.465 e. The van der Waals surface area contributed by atoms with Gasteiger partial charge in [-0.25, -0.2) is 0 Å². The Hall–Kier alpha value is -0.0500. The van der Waals surface area contributed by atoms with E-state index in [9.17, 15) is 4.79 Å². The summed E-state index contributed by atoms with van der Waals surface area (Å²) in [5.41, 5.74) is 0. The summed E-state index contributed by atoms with van der Waals surface area (Å²) in [5.74, 6) is 1.20. The minimum atomic E-state index is -0.0237. The highest BCUT2D eigenvalue weighted by Gasteiger charge is 2.49. The number of hydrogen-bond acceptors (Lipinski definition) is 2. The smallest absolute Gasteiger partial charge is 0.309 e. The predicted molar refractivity (Wildman–Crippen MR) is 46.6 cm³/mol. The largest absolute Gasteiger partial charge is 0.465 e. The van der Waals surface area contributed by atoms with Crippen LogP contribution in [0.5, 0.6) is 0 Å². The number of halogens is 1. The van der Waals surface area contributed by atoms with Gasteiger partial charge in [-0.15, -0.1) is 0 Å². The molecular weight excluding hydrogens is 208 g/mol. The fourth-order valence-corrected chi connectivity index (χ4v) is 1.49. The van der Waals surface area contributed by atoms with Crippen LogP contribution < -0.4 is 0 Å². The second-order valence-corrected chi connectivity index (χ2v) is 3.89. The Balaban J connectivity index is 2.22. The van der Waals surface area contributed by atoms with E-state index in [4.69, 9.17) is 4.74 Å². The summed E-state index contributed by atoms with van der Waals surface area (Å²) >= 11 is 3.20. The van der Waals surface area contributed by atoms with Crippen LogP contribution in [0.1, 0.15) is 13.8 Å². The molecule has 0 amide bonds. The molecule has 0 aromatic rings. The molecule has 0 aromatic carbocycles. The van der Waals surface area contributed by atoms with Crippen molar-refractivity contribution in [3.8, 4) is 0 Å². The molecule has 2 atom stereocenters. The molecule has 3 heteroatoms. The zero-order valence-electron chi connectivity index (χ0n) is 6.84. The molecule has 1 saturated carbocycles. The Labute approximate surface area is 75.4 Å². The van der Waals surface area contributed by atoms with Crippen LogP contribution in [0, 0.1) is 17.8 Å². The van der Waals surface area contributed by atoms with E-state index in [1.807, 2.05) is 0 Å². The quantitative estimate of drug-likeness (QED) is 0.536. The summed E-state index contributed by atoms with van der Waals surface area (Å²) in [6.45, 7) is 4.67. The van der Waals surface area contributed by atoms with Crippen molar-refractivity contribution in [2.45, 2.75) is 13.8 Å². The molecule has 2 unspecified atom stereocenters. The molecule has 0 aliphatic heterocycles. The number of ether oxygens (including phenoxy) is 1. The summed E-state index contributed by atoms with van der Waals surface area (Å²) in [5, 5.41) is 0.730. The van der Waals surface area contributed by atoms with Gasteiger partial charge in [0.05, 0.1) is 5.92 Å². The van der Waals surface area contributed by atoms with Crippen LogP contribution in [0.15, 0.2) is 0 Å². The molecule has 0 bridgehead atoms. The number of hydrogen-bond donors (Lipinski definition) is 0. The highest BCUT2D eigenvalue weighted by atomic mass is 79.9. The summed E-state index contributed by atoms with van der Waals surface area (Å²) < 4.78 is 4.97. The molecule has 0 heterocycles. The molecule has 1 fully saturated rings. The fourth-order valence-electron chi connectivity index (χ4n) is 1.33. The van der Waals surface area contributed by atoms with Gasteiger partial charge in [-0.3, -0.25) is 4.79 Å². The number of rotatable bonds is 3. The topological polar surface area (TPSA) is 26.3 Å². The van der Waals surface area contributed by atoms with Crippen LogP contribution in [-0.4, -0.2) is 17.9 Å². The third-order valence-corrected chi connectivity index (χ3v) is 2.74. The van der Waals surface area contributed by atoms with Crippen molar-refractivity contribution in [2.24, 2.45) is 17.8 Å². The average molecular weight is 221 g/mol. The first-order valence-electron chi connectivity index (χ1n) is 3.91. The molecular formula is C8H13BrO2. The average Bonchev–Trinajstić information content (AvgIpc) is 2.56. The molecule has 0 radical (unpaired) electrons. The molecule has 2 nitrogen and oxygen atoms in total. The van der Waals surface area contributed by atoms with E-state index in [1.54, 1.807) is 0 Å². The summed E-state index contributed by atoms with van der Waals surface area (Å²) in [6.07, 6.45) is 0. The number of alkyl halides is 1. The lowest BCUT2D eigenvalue weighted by atomic mass is 10.3. The molecule has 1 aliphatic rings. The van der Waals surface area contributed by atoms with E-state index >= 15 is 0 Å². The highest BCUT2D eigenvalue weighted by Crippen LogP contribution is 2.45. The molecule has 11 heavy (non-hydrogen) atoms. The Morgan fingerprint density at radius 2 is 2.00 bits per heavy atom. The van der Waals surface area contributed by atoms with Gasteiger partial charge in [0.15, 0.2) is 0 Å². The van der Waals surface area contributed by atoms with Crippen molar-refractivity contribution in [3.05, 3.63) is 0 Å². The van der Waals surface area contributed by atoms with Gasteiger partial charge < -0.3 is 4.74 Å². The van der Waals surface area contributed by atoms with E-state index in [-0.39, 0.29) is 11.9 Å². The lowest BCUT2D eigenvalue weighted by molar-refractivity contribution is -0.145.